The van der Waals surface area contributed by atoms with E-state index < -0.39 is 25.5 Å². The Balaban J connectivity index is 2.43. The lowest BCUT2D eigenvalue weighted by molar-refractivity contribution is -0.111. The molecule has 126 valence electrons. The fraction of sp³-hybridized carbons (Fsp3) is 0.0667. The van der Waals surface area contributed by atoms with Gasteiger partial charge in [-0.25, -0.2) is 8.42 Å². The Bertz CT molecular complexity index is 854. The van der Waals surface area contributed by atoms with Crippen molar-refractivity contribution < 1.29 is 13.2 Å². The van der Waals surface area contributed by atoms with Crippen LogP contribution >= 0.6 is 39.1 Å². The minimum absolute atomic E-state index is 0.0799. The number of hydrogen-bond donors (Lipinski definition) is 1. The van der Waals surface area contributed by atoms with E-state index in [9.17, 15) is 13.2 Å². The highest BCUT2D eigenvalue weighted by atomic mass is 79.9. The molecule has 0 atom stereocenters. The Kier molecular flexibility index (Phi) is 6.40. The Morgan fingerprint density at radius 3 is 2.17 bits per heavy atom. The van der Waals surface area contributed by atoms with Crippen LogP contribution in [-0.2, 0) is 14.6 Å². The number of alkyl halides is 2. The van der Waals surface area contributed by atoms with Crippen LogP contribution in [0.4, 0.5) is 5.69 Å². The number of Topliss-reactive ketones (excluding diaryl/α,β-unsaturated/α-hetero) is 1. The van der Waals surface area contributed by atoms with Crippen molar-refractivity contribution in [2.75, 3.05) is 5.43 Å². The molecule has 0 aliphatic rings. The van der Waals surface area contributed by atoms with Gasteiger partial charge >= 0.3 is 0 Å². The molecule has 1 N–H and O–H groups in total. The summed E-state index contributed by atoms with van der Waals surface area (Å²) >= 11 is 14.4. The summed E-state index contributed by atoms with van der Waals surface area (Å²) in [5, 5.41) is 2.98. The number of rotatable bonds is 5. The zero-order valence-corrected chi connectivity index (χ0v) is 15.9. The third-order valence-electron chi connectivity index (χ3n) is 2.85. The van der Waals surface area contributed by atoms with Crippen molar-refractivity contribution in [1.82, 2.24) is 0 Å². The first-order valence-corrected chi connectivity index (χ1v) is 9.69. The predicted octanol–water partition coefficient (Wildman–Crippen LogP) is 4.02. The Morgan fingerprint density at radius 2 is 1.62 bits per heavy atom. The van der Waals surface area contributed by atoms with Gasteiger partial charge in [-0.15, -0.1) is 0 Å². The first-order chi connectivity index (χ1) is 11.3. The number of hydrazone groups is 1. The van der Waals surface area contributed by atoms with Crippen LogP contribution in [0.5, 0.6) is 0 Å². The molecular weight excluding hydrogens is 439 g/mol. The molecule has 0 heterocycles. The van der Waals surface area contributed by atoms with Crippen LogP contribution in [-0.4, -0.2) is 24.1 Å². The quantitative estimate of drug-likeness (QED) is 0.323. The first kappa shape index (κ1) is 18.9. The average molecular weight is 450 g/mol. The summed E-state index contributed by atoms with van der Waals surface area (Å²) in [7, 11) is -4.16. The van der Waals surface area contributed by atoms with Crippen LogP contribution in [0, 0.1) is 0 Å². The van der Waals surface area contributed by atoms with E-state index in [4.69, 9.17) is 23.2 Å². The third-order valence-corrected chi connectivity index (χ3v) is 5.47. The lowest BCUT2D eigenvalue weighted by atomic mass is 10.3. The van der Waals surface area contributed by atoms with Gasteiger partial charge in [0.05, 0.1) is 10.6 Å². The molecule has 24 heavy (non-hydrogen) atoms. The van der Waals surface area contributed by atoms with Gasteiger partial charge in [0.1, 0.15) is 0 Å². The summed E-state index contributed by atoms with van der Waals surface area (Å²) in [5.74, 6) is -1.01. The molecule has 0 radical (unpaired) electrons. The van der Waals surface area contributed by atoms with Gasteiger partial charge in [-0.3, -0.25) is 10.2 Å². The zero-order valence-electron chi connectivity index (χ0n) is 12.0. The molecule has 2 aromatic rings. The second-order valence-electron chi connectivity index (χ2n) is 4.52. The van der Waals surface area contributed by atoms with Crippen LogP contribution in [0.25, 0.3) is 0 Å². The van der Waals surface area contributed by atoms with Crippen LogP contribution in [0.2, 0.25) is 0 Å². The largest absolute Gasteiger partial charge is 0.288 e. The maximum Gasteiger partial charge on any atom is 0.229 e. The zero-order chi connectivity index (χ0) is 17.7. The van der Waals surface area contributed by atoms with Crippen LogP contribution in [0.3, 0.4) is 0 Å². The molecule has 5 nitrogen and oxygen atoms in total. The number of sulfone groups is 1. The van der Waals surface area contributed by atoms with Crippen LogP contribution < -0.4 is 5.43 Å². The number of ketones is 1. The smallest absolute Gasteiger partial charge is 0.229 e. The molecule has 0 unspecified atom stereocenters. The van der Waals surface area contributed by atoms with E-state index in [0.29, 0.717) is 5.69 Å². The Labute approximate surface area is 157 Å². The third kappa shape index (κ3) is 4.57. The van der Waals surface area contributed by atoms with E-state index in [0.717, 1.165) is 4.47 Å². The molecule has 0 saturated carbocycles. The Hall–Kier alpha value is -1.41. The topological polar surface area (TPSA) is 75.6 Å². The fourth-order valence-electron chi connectivity index (χ4n) is 1.69. The van der Waals surface area contributed by atoms with Gasteiger partial charge < -0.3 is 0 Å². The number of carbonyl (C=O) groups is 1. The number of anilines is 1. The van der Waals surface area contributed by atoms with E-state index in [2.05, 4.69) is 26.5 Å². The van der Waals surface area contributed by atoms with Gasteiger partial charge in [-0.05, 0) is 36.4 Å². The highest BCUT2D eigenvalue weighted by Gasteiger charge is 2.32. The number of hydrogen-bond acceptors (Lipinski definition) is 5. The molecule has 0 fully saturated rings. The molecule has 0 aliphatic heterocycles. The van der Waals surface area contributed by atoms with E-state index >= 15 is 0 Å². The molecule has 0 bridgehead atoms. The van der Waals surface area contributed by atoms with E-state index in [1.54, 1.807) is 30.3 Å². The minimum atomic E-state index is -4.16. The van der Waals surface area contributed by atoms with Gasteiger partial charge in [0, 0.05) is 4.47 Å². The molecule has 0 spiro atoms. The van der Waals surface area contributed by atoms with E-state index in [1.807, 2.05) is 0 Å². The highest BCUT2D eigenvalue weighted by Crippen LogP contribution is 2.18. The van der Waals surface area contributed by atoms with Gasteiger partial charge in [-0.2, -0.15) is 5.10 Å². The monoisotopic (exact) mass is 448 g/mol. The predicted molar refractivity (Wildman–Crippen MR) is 99.3 cm³/mol. The lowest BCUT2D eigenvalue weighted by Gasteiger charge is -2.09. The molecule has 0 aromatic heterocycles. The molecule has 0 saturated heterocycles. The number of halogens is 3. The Morgan fingerprint density at radius 1 is 1.04 bits per heavy atom. The number of carbonyl (C=O) groups excluding carboxylic acids is 1. The normalized spacial score (nSPS) is 12.2. The second kappa shape index (κ2) is 8.11. The summed E-state index contributed by atoms with van der Waals surface area (Å²) < 4.78 is 26.1. The summed E-state index contributed by atoms with van der Waals surface area (Å²) in [6.45, 7) is 0. The standard InChI is InChI=1S/C15H11BrCl2N2O3S/c16-10-6-8-11(9-7-10)19-20-15(13(21)14(17)18)24(22,23)12-4-2-1-3-5-12/h1-9,14,19H/b20-15+. The van der Waals surface area contributed by atoms with Gasteiger partial charge in [0.15, 0.2) is 4.84 Å². The van der Waals surface area contributed by atoms with Crippen LogP contribution in [0.15, 0.2) is 69.1 Å². The number of nitrogens with one attached hydrogen (secondary N) is 1. The fourth-order valence-corrected chi connectivity index (χ4v) is 3.58. The number of benzene rings is 2. The van der Waals surface area contributed by atoms with E-state index in [-0.39, 0.29) is 4.90 Å². The van der Waals surface area contributed by atoms with Crippen molar-refractivity contribution in [2.45, 2.75) is 9.73 Å². The van der Waals surface area contributed by atoms with Gasteiger partial charge in [-0.1, -0.05) is 57.3 Å². The number of nitrogens with zero attached hydrogens (tertiary/aromatic N) is 1. The maximum absolute atomic E-state index is 12.6. The second-order valence-corrected chi connectivity index (χ2v) is 8.39. The molecule has 9 heteroatoms. The average Bonchev–Trinajstić information content (AvgIpc) is 2.57. The highest BCUT2D eigenvalue weighted by molar-refractivity contribution is 9.10. The molecule has 2 rings (SSSR count). The summed E-state index contributed by atoms with van der Waals surface area (Å²) in [5.41, 5.74) is 3.03. The van der Waals surface area contributed by atoms with Crippen molar-refractivity contribution in [3.63, 3.8) is 0 Å². The summed E-state index contributed by atoms with van der Waals surface area (Å²) in [6, 6.07) is 14.2. The van der Waals surface area contributed by atoms with Crippen molar-refractivity contribution >= 4 is 65.5 Å². The SMILES string of the molecule is O=C(/C(=N\Nc1ccc(Br)cc1)S(=O)(=O)c1ccccc1)C(Cl)Cl. The van der Waals surface area contributed by atoms with Crippen molar-refractivity contribution in [2.24, 2.45) is 5.10 Å². The van der Waals surface area contributed by atoms with Gasteiger partial charge in [0.2, 0.25) is 20.7 Å². The van der Waals surface area contributed by atoms with Crippen molar-refractivity contribution in [1.29, 1.82) is 0 Å². The maximum atomic E-state index is 12.6. The van der Waals surface area contributed by atoms with Crippen molar-refractivity contribution in [3.05, 3.63) is 59.1 Å². The minimum Gasteiger partial charge on any atom is -0.288 e. The van der Waals surface area contributed by atoms with Crippen LogP contribution in [0.1, 0.15) is 0 Å². The molecule has 0 aliphatic carbocycles. The molecule has 0 amide bonds. The van der Waals surface area contributed by atoms with E-state index in [1.165, 1.54) is 24.3 Å². The van der Waals surface area contributed by atoms with Gasteiger partial charge in [0.25, 0.3) is 0 Å². The molecular formula is C15H11BrCl2N2O3S. The lowest BCUT2D eigenvalue weighted by Crippen LogP contribution is -2.30. The molecule has 2 aromatic carbocycles. The first-order valence-electron chi connectivity index (χ1n) is 6.54. The van der Waals surface area contributed by atoms with Crippen molar-refractivity contribution in [3.8, 4) is 0 Å². The summed E-state index contributed by atoms with van der Waals surface area (Å²) in [6.07, 6.45) is 0. The summed E-state index contributed by atoms with van der Waals surface area (Å²) in [4.78, 5) is 10.5.